The molecule has 0 saturated carbocycles. The largest absolute Gasteiger partial charge is 0.360 e. The van der Waals surface area contributed by atoms with E-state index in [0.29, 0.717) is 5.56 Å². The minimum Gasteiger partial charge on any atom is -0.360 e. The van der Waals surface area contributed by atoms with E-state index in [4.69, 9.17) is 0 Å². The first-order valence-electron chi connectivity index (χ1n) is 6.92. The summed E-state index contributed by atoms with van der Waals surface area (Å²) in [6.07, 6.45) is 2.70. The summed E-state index contributed by atoms with van der Waals surface area (Å²) in [6, 6.07) is 8.48. The minimum absolute atomic E-state index is 0.184. The first kappa shape index (κ1) is 14.7. The number of aromatic nitrogens is 2. The van der Waals surface area contributed by atoms with Gasteiger partial charge in [-0.3, -0.25) is 19.7 Å². The second kappa shape index (κ2) is 5.53. The molecule has 0 radical (unpaired) electrons. The normalized spacial score (nSPS) is 10.8. The predicted molar refractivity (Wildman–Crippen MR) is 84.7 cm³/mol. The molecule has 2 heterocycles. The van der Waals surface area contributed by atoms with Gasteiger partial charge in [0.1, 0.15) is 0 Å². The topological polar surface area (TPSA) is 98.0 Å². The van der Waals surface area contributed by atoms with E-state index in [1.54, 1.807) is 12.3 Å². The summed E-state index contributed by atoms with van der Waals surface area (Å²) in [5.41, 5.74) is 0.919. The standard InChI is InChI=1S/C16H13N3O4/c1-10-6-16(21)18(8-14(10)19(22)23)9-15(20)12-7-17-13-5-3-2-4-11(12)13/h2-8,17H,9H2,1H3. The number of hydrogen-bond acceptors (Lipinski definition) is 4. The Labute approximate surface area is 130 Å². The maximum absolute atomic E-state index is 12.5. The highest BCUT2D eigenvalue weighted by Crippen LogP contribution is 2.19. The van der Waals surface area contributed by atoms with Crippen molar-refractivity contribution in [2.75, 3.05) is 0 Å². The van der Waals surface area contributed by atoms with Crippen LogP contribution in [0.25, 0.3) is 10.9 Å². The van der Waals surface area contributed by atoms with Crippen LogP contribution in [0, 0.1) is 17.0 Å². The number of rotatable bonds is 4. The van der Waals surface area contributed by atoms with Crippen LogP contribution in [-0.4, -0.2) is 20.3 Å². The van der Waals surface area contributed by atoms with E-state index in [1.807, 2.05) is 18.2 Å². The van der Waals surface area contributed by atoms with Crippen LogP contribution >= 0.6 is 0 Å². The second-order valence-corrected chi connectivity index (χ2v) is 5.24. The number of H-pyrrole nitrogens is 1. The molecule has 3 rings (SSSR count). The number of fused-ring (bicyclic) bond motifs is 1. The molecule has 0 fully saturated rings. The van der Waals surface area contributed by atoms with Crippen LogP contribution < -0.4 is 5.56 Å². The third kappa shape index (κ3) is 2.64. The Morgan fingerprint density at radius 2 is 2.09 bits per heavy atom. The monoisotopic (exact) mass is 311 g/mol. The van der Waals surface area contributed by atoms with Crippen molar-refractivity contribution in [3.8, 4) is 0 Å². The van der Waals surface area contributed by atoms with Gasteiger partial charge in [0.15, 0.2) is 5.78 Å². The van der Waals surface area contributed by atoms with Crippen molar-refractivity contribution in [2.24, 2.45) is 0 Å². The highest BCUT2D eigenvalue weighted by molar-refractivity contribution is 6.07. The van der Waals surface area contributed by atoms with Gasteiger partial charge in [0.05, 0.1) is 17.7 Å². The highest BCUT2D eigenvalue weighted by atomic mass is 16.6. The average Bonchev–Trinajstić information content (AvgIpc) is 2.93. The molecule has 3 aromatic rings. The smallest absolute Gasteiger partial charge is 0.288 e. The Morgan fingerprint density at radius 1 is 1.35 bits per heavy atom. The summed E-state index contributed by atoms with van der Waals surface area (Å²) < 4.78 is 1.06. The molecule has 0 aliphatic carbocycles. The van der Waals surface area contributed by atoms with Crippen molar-refractivity contribution in [2.45, 2.75) is 13.5 Å². The summed E-state index contributed by atoms with van der Waals surface area (Å²) in [5.74, 6) is -0.289. The molecular formula is C16H13N3O4. The Balaban J connectivity index is 1.99. The summed E-state index contributed by atoms with van der Waals surface area (Å²) in [5, 5.41) is 11.7. The molecule has 0 aliphatic heterocycles. The molecular weight excluding hydrogens is 298 g/mol. The molecule has 0 saturated heterocycles. The van der Waals surface area contributed by atoms with E-state index >= 15 is 0 Å². The van der Waals surface area contributed by atoms with Crippen molar-refractivity contribution in [3.63, 3.8) is 0 Å². The molecule has 1 aromatic carbocycles. The number of nitro groups is 1. The van der Waals surface area contributed by atoms with Gasteiger partial charge < -0.3 is 9.55 Å². The quantitative estimate of drug-likeness (QED) is 0.454. The number of pyridine rings is 1. The number of nitrogens with zero attached hydrogens (tertiary/aromatic N) is 2. The fourth-order valence-corrected chi connectivity index (χ4v) is 2.51. The Morgan fingerprint density at radius 3 is 2.83 bits per heavy atom. The van der Waals surface area contributed by atoms with Crippen LogP contribution in [0.15, 0.2) is 47.5 Å². The molecule has 2 aromatic heterocycles. The number of aromatic amines is 1. The lowest BCUT2D eigenvalue weighted by Gasteiger charge is -2.05. The van der Waals surface area contributed by atoms with Gasteiger partial charge in [0, 0.05) is 34.3 Å². The summed E-state index contributed by atoms with van der Waals surface area (Å²) in [4.78, 5) is 37.8. The molecule has 0 unspecified atom stereocenters. The van der Waals surface area contributed by atoms with Crippen LogP contribution in [0.4, 0.5) is 5.69 Å². The molecule has 1 N–H and O–H groups in total. The second-order valence-electron chi connectivity index (χ2n) is 5.24. The fourth-order valence-electron chi connectivity index (χ4n) is 2.51. The van der Waals surface area contributed by atoms with Gasteiger partial charge >= 0.3 is 0 Å². The Bertz CT molecular complexity index is 984. The first-order chi connectivity index (χ1) is 11.0. The highest BCUT2D eigenvalue weighted by Gasteiger charge is 2.17. The zero-order valence-corrected chi connectivity index (χ0v) is 12.3. The molecule has 0 amide bonds. The SMILES string of the molecule is Cc1cc(=O)n(CC(=O)c2c[nH]c3ccccc23)cc1[N+](=O)[O-]. The number of carbonyl (C=O) groups is 1. The fraction of sp³-hybridized carbons (Fsp3) is 0.125. The first-order valence-corrected chi connectivity index (χ1v) is 6.92. The van der Waals surface area contributed by atoms with Gasteiger partial charge in [-0.05, 0) is 13.0 Å². The lowest BCUT2D eigenvalue weighted by molar-refractivity contribution is -0.385. The van der Waals surface area contributed by atoms with Crippen LogP contribution in [0.2, 0.25) is 0 Å². The summed E-state index contributed by atoms with van der Waals surface area (Å²) >= 11 is 0. The van der Waals surface area contributed by atoms with Crippen molar-refractivity contribution < 1.29 is 9.72 Å². The van der Waals surface area contributed by atoms with Crippen LogP contribution in [0.1, 0.15) is 15.9 Å². The van der Waals surface area contributed by atoms with Gasteiger partial charge in [0.25, 0.3) is 11.2 Å². The lowest BCUT2D eigenvalue weighted by atomic mass is 10.1. The van der Waals surface area contributed by atoms with Crippen molar-refractivity contribution >= 4 is 22.4 Å². The number of nitrogens with one attached hydrogen (secondary N) is 1. The van der Waals surface area contributed by atoms with Crippen molar-refractivity contribution in [3.05, 3.63) is 74.3 Å². The van der Waals surface area contributed by atoms with E-state index in [2.05, 4.69) is 4.98 Å². The number of carbonyl (C=O) groups excluding carboxylic acids is 1. The minimum atomic E-state index is -0.568. The number of hydrogen-bond donors (Lipinski definition) is 1. The van der Waals surface area contributed by atoms with Crippen molar-refractivity contribution in [1.82, 2.24) is 9.55 Å². The molecule has 23 heavy (non-hydrogen) atoms. The summed E-state index contributed by atoms with van der Waals surface area (Å²) in [7, 11) is 0. The van der Waals surface area contributed by atoms with E-state index in [0.717, 1.165) is 21.7 Å². The van der Waals surface area contributed by atoms with Gasteiger partial charge in [0.2, 0.25) is 0 Å². The molecule has 0 bridgehead atoms. The zero-order chi connectivity index (χ0) is 16.6. The third-order valence-corrected chi connectivity index (χ3v) is 3.71. The molecule has 7 nitrogen and oxygen atoms in total. The Kier molecular flexibility index (Phi) is 3.53. The summed E-state index contributed by atoms with van der Waals surface area (Å²) in [6.45, 7) is 1.24. The molecule has 0 spiro atoms. The number of benzene rings is 1. The number of ketones is 1. The van der Waals surface area contributed by atoms with Gasteiger partial charge in [-0.1, -0.05) is 18.2 Å². The van der Waals surface area contributed by atoms with E-state index in [-0.39, 0.29) is 23.6 Å². The number of Topliss-reactive ketones (excluding diaryl/α,β-unsaturated/α-hetero) is 1. The maximum Gasteiger partial charge on any atom is 0.288 e. The third-order valence-electron chi connectivity index (χ3n) is 3.71. The molecule has 0 atom stereocenters. The molecule has 7 heteroatoms. The van der Waals surface area contributed by atoms with Crippen LogP contribution in [0.3, 0.4) is 0 Å². The van der Waals surface area contributed by atoms with E-state index in [9.17, 15) is 19.7 Å². The van der Waals surface area contributed by atoms with E-state index < -0.39 is 10.5 Å². The number of para-hydroxylation sites is 1. The molecule has 116 valence electrons. The average molecular weight is 311 g/mol. The Hall–Kier alpha value is -3.22. The van der Waals surface area contributed by atoms with Crippen LogP contribution in [0.5, 0.6) is 0 Å². The zero-order valence-electron chi connectivity index (χ0n) is 12.3. The van der Waals surface area contributed by atoms with Gasteiger partial charge in [-0.2, -0.15) is 0 Å². The van der Waals surface area contributed by atoms with E-state index in [1.165, 1.54) is 13.0 Å². The van der Waals surface area contributed by atoms with Gasteiger partial charge in [-0.25, -0.2) is 0 Å². The van der Waals surface area contributed by atoms with Crippen molar-refractivity contribution in [1.29, 1.82) is 0 Å². The van der Waals surface area contributed by atoms with Gasteiger partial charge in [-0.15, -0.1) is 0 Å². The molecule has 0 aliphatic rings. The maximum atomic E-state index is 12.5. The number of aryl methyl sites for hydroxylation is 1. The predicted octanol–water partition coefficient (Wildman–Crippen LogP) is 2.43. The lowest BCUT2D eigenvalue weighted by Crippen LogP contribution is -2.24. The van der Waals surface area contributed by atoms with Crippen LogP contribution in [-0.2, 0) is 6.54 Å².